The Morgan fingerprint density at radius 3 is 3.21 bits per heavy atom. The van der Waals surface area contributed by atoms with E-state index < -0.39 is 6.10 Å². The summed E-state index contributed by atoms with van der Waals surface area (Å²) in [4.78, 5) is 13.2. The van der Waals surface area contributed by atoms with E-state index in [2.05, 4.69) is 6.07 Å². The Kier molecular flexibility index (Phi) is 2.25. The maximum atomic E-state index is 11.6. The Balaban J connectivity index is 2.30. The van der Waals surface area contributed by atoms with Gasteiger partial charge >= 0.3 is 0 Å². The molecule has 0 saturated carbocycles. The van der Waals surface area contributed by atoms with Crippen LogP contribution in [0.25, 0.3) is 0 Å². The zero-order chi connectivity index (χ0) is 10.1. The number of hydrogen-bond acceptors (Lipinski definition) is 2. The minimum absolute atomic E-state index is 0.233. The molecule has 0 aliphatic carbocycles. The third-order valence-electron chi connectivity index (χ3n) is 2.45. The van der Waals surface area contributed by atoms with E-state index in [1.807, 2.05) is 12.1 Å². The van der Waals surface area contributed by atoms with E-state index in [0.29, 0.717) is 6.54 Å². The number of amides is 1. The predicted octanol–water partition coefficient (Wildman–Crippen LogP) is 0.757. The largest absolute Gasteiger partial charge is 0.384 e. The molecule has 2 rings (SSSR count). The third kappa shape index (κ3) is 1.40. The van der Waals surface area contributed by atoms with Crippen molar-refractivity contribution in [3.8, 4) is 0 Å². The van der Waals surface area contributed by atoms with Crippen molar-refractivity contribution in [1.29, 1.82) is 0 Å². The van der Waals surface area contributed by atoms with Crippen molar-refractivity contribution in [2.75, 3.05) is 11.4 Å². The molecule has 0 saturated heterocycles. The van der Waals surface area contributed by atoms with E-state index in [1.165, 1.54) is 6.92 Å². The van der Waals surface area contributed by atoms with Gasteiger partial charge in [-0.25, -0.2) is 0 Å². The SMILES string of the molecule is CC(O)C(=O)N1CCc2cc[c]cc21. The van der Waals surface area contributed by atoms with Crippen LogP contribution in [0.4, 0.5) is 5.69 Å². The molecule has 3 nitrogen and oxygen atoms in total. The Labute approximate surface area is 83.0 Å². The third-order valence-corrected chi connectivity index (χ3v) is 2.45. The van der Waals surface area contributed by atoms with Gasteiger partial charge in [0, 0.05) is 12.2 Å². The number of anilines is 1. The lowest BCUT2D eigenvalue weighted by molar-refractivity contribution is -0.125. The van der Waals surface area contributed by atoms with Crippen molar-refractivity contribution in [3.63, 3.8) is 0 Å². The number of hydrogen-bond donors (Lipinski definition) is 1. The second kappa shape index (κ2) is 3.42. The van der Waals surface area contributed by atoms with Crippen LogP contribution in [0.15, 0.2) is 18.2 Å². The van der Waals surface area contributed by atoms with Gasteiger partial charge in [-0.2, -0.15) is 0 Å². The second-order valence-corrected chi connectivity index (χ2v) is 3.47. The highest BCUT2D eigenvalue weighted by Crippen LogP contribution is 2.27. The highest BCUT2D eigenvalue weighted by molar-refractivity contribution is 5.97. The van der Waals surface area contributed by atoms with E-state index in [1.54, 1.807) is 11.0 Å². The van der Waals surface area contributed by atoms with Gasteiger partial charge in [-0.1, -0.05) is 12.1 Å². The standard InChI is InChI=1S/C11H12NO2/c1-8(13)11(14)12-7-6-9-4-2-3-5-10(9)12/h2,4-5,8,13H,6-7H2,1H3. The number of aliphatic hydroxyl groups excluding tert-OH is 1. The first-order chi connectivity index (χ1) is 6.70. The molecule has 1 aliphatic rings. The van der Waals surface area contributed by atoms with Gasteiger partial charge in [0.05, 0.1) is 0 Å². The van der Waals surface area contributed by atoms with Gasteiger partial charge in [-0.3, -0.25) is 4.79 Å². The number of aliphatic hydroxyl groups is 1. The molecule has 1 radical (unpaired) electrons. The monoisotopic (exact) mass is 190 g/mol. The Hall–Kier alpha value is -1.35. The zero-order valence-corrected chi connectivity index (χ0v) is 8.03. The quantitative estimate of drug-likeness (QED) is 0.710. The van der Waals surface area contributed by atoms with Crippen LogP contribution in [0.1, 0.15) is 12.5 Å². The van der Waals surface area contributed by atoms with E-state index >= 15 is 0 Å². The fraction of sp³-hybridized carbons (Fsp3) is 0.364. The summed E-state index contributed by atoms with van der Waals surface area (Å²) in [6, 6.07) is 8.54. The summed E-state index contributed by atoms with van der Waals surface area (Å²) < 4.78 is 0. The van der Waals surface area contributed by atoms with Crippen LogP contribution < -0.4 is 4.90 Å². The van der Waals surface area contributed by atoms with E-state index in [9.17, 15) is 9.90 Å². The number of fused-ring (bicyclic) bond motifs is 1. The molecule has 1 heterocycles. The van der Waals surface area contributed by atoms with Crippen molar-refractivity contribution >= 4 is 11.6 Å². The number of nitrogens with zero attached hydrogens (tertiary/aromatic N) is 1. The lowest BCUT2D eigenvalue weighted by atomic mass is 10.2. The number of rotatable bonds is 1. The van der Waals surface area contributed by atoms with Crippen LogP contribution in [0.3, 0.4) is 0 Å². The van der Waals surface area contributed by atoms with Crippen LogP contribution in [0.2, 0.25) is 0 Å². The average molecular weight is 190 g/mol. The molecule has 0 spiro atoms. The number of carbonyl (C=O) groups excluding carboxylic acids is 1. The highest BCUT2D eigenvalue weighted by atomic mass is 16.3. The summed E-state index contributed by atoms with van der Waals surface area (Å²) in [6.07, 6.45) is -0.0659. The van der Waals surface area contributed by atoms with Gasteiger partial charge < -0.3 is 10.0 Å². The fourth-order valence-electron chi connectivity index (χ4n) is 1.72. The first-order valence-corrected chi connectivity index (χ1v) is 4.68. The summed E-state index contributed by atoms with van der Waals surface area (Å²) in [5.74, 6) is -0.233. The molecule has 1 N–H and O–H groups in total. The minimum Gasteiger partial charge on any atom is -0.384 e. The van der Waals surface area contributed by atoms with Crippen molar-refractivity contribution in [1.82, 2.24) is 0 Å². The predicted molar refractivity (Wildman–Crippen MR) is 53.0 cm³/mol. The summed E-state index contributed by atoms with van der Waals surface area (Å²) in [5.41, 5.74) is 2.04. The summed E-state index contributed by atoms with van der Waals surface area (Å²) in [5, 5.41) is 9.21. The van der Waals surface area contributed by atoms with E-state index in [0.717, 1.165) is 17.7 Å². The zero-order valence-electron chi connectivity index (χ0n) is 8.03. The van der Waals surface area contributed by atoms with Crippen molar-refractivity contribution in [3.05, 3.63) is 29.8 Å². The van der Waals surface area contributed by atoms with Crippen LogP contribution in [-0.2, 0) is 11.2 Å². The molecule has 0 aromatic heterocycles. The van der Waals surface area contributed by atoms with Gasteiger partial charge in [-0.15, -0.1) is 0 Å². The minimum atomic E-state index is -0.929. The Morgan fingerprint density at radius 1 is 1.71 bits per heavy atom. The van der Waals surface area contributed by atoms with Gasteiger partial charge in [0.25, 0.3) is 5.91 Å². The number of carbonyl (C=O) groups is 1. The molecule has 3 heteroatoms. The van der Waals surface area contributed by atoms with Crippen molar-refractivity contribution in [2.45, 2.75) is 19.4 Å². The lowest BCUT2D eigenvalue weighted by Gasteiger charge is -2.18. The fourth-order valence-corrected chi connectivity index (χ4v) is 1.72. The van der Waals surface area contributed by atoms with Gasteiger partial charge in [0.1, 0.15) is 6.10 Å². The normalized spacial score (nSPS) is 16.6. The van der Waals surface area contributed by atoms with Gasteiger partial charge in [0.15, 0.2) is 0 Å². The van der Waals surface area contributed by atoms with Crippen LogP contribution in [0, 0.1) is 6.07 Å². The molecular weight excluding hydrogens is 178 g/mol. The van der Waals surface area contributed by atoms with Gasteiger partial charge in [-0.05, 0) is 31.0 Å². The summed E-state index contributed by atoms with van der Waals surface area (Å²) >= 11 is 0. The van der Waals surface area contributed by atoms with Crippen molar-refractivity contribution < 1.29 is 9.90 Å². The molecular formula is C11H12NO2. The molecule has 14 heavy (non-hydrogen) atoms. The molecule has 1 unspecified atom stereocenters. The summed E-state index contributed by atoms with van der Waals surface area (Å²) in [6.45, 7) is 2.16. The maximum absolute atomic E-state index is 11.6. The molecule has 1 atom stereocenters. The Bertz CT molecular complexity index is 360. The first-order valence-electron chi connectivity index (χ1n) is 4.68. The maximum Gasteiger partial charge on any atom is 0.255 e. The number of benzene rings is 1. The lowest BCUT2D eigenvalue weighted by Crippen LogP contribution is -2.36. The Morgan fingerprint density at radius 2 is 2.50 bits per heavy atom. The molecule has 1 aromatic rings. The second-order valence-electron chi connectivity index (χ2n) is 3.47. The first kappa shape index (κ1) is 9.21. The molecule has 1 aromatic carbocycles. The topological polar surface area (TPSA) is 40.5 Å². The van der Waals surface area contributed by atoms with Crippen LogP contribution >= 0.6 is 0 Å². The van der Waals surface area contributed by atoms with Gasteiger partial charge in [0.2, 0.25) is 0 Å². The van der Waals surface area contributed by atoms with Crippen molar-refractivity contribution in [2.24, 2.45) is 0 Å². The smallest absolute Gasteiger partial charge is 0.255 e. The molecule has 0 bridgehead atoms. The highest BCUT2D eigenvalue weighted by Gasteiger charge is 2.26. The molecule has 73 valence electrons. The van der Waals surface area contributed by atoms with Crippen LogP contribution in [-0.4, -0.2) is 23.7 Å². The molecule has 0 fully saturated rings. The van der Waals surface area contributed by atoms with E-state index in [-0.39, 0.29) is 5.91 Å². The average Bonchev–Trinajstić information content (AvgIpc) is 2.60. The molecule has 1 aliphatic heterocycles. The van der Waals surface area contributed by atoms with Crippen LogP contribution in [0.5, 0.6) is 0 Å². The summed E-state index contributed by atoms with van der Waals surface area (Å²) in [7, 11) is 0. The van der Waals surface area contributed by atoms with E-state index in [4.69, 9.17) is 0 Å². The molecule has 1 amide bonds.